The average Bonchev–Trinajstić information content (AvgIpc) is 3.01. The Bertz CT molecular complexity index is 702. The molecule has 0 fully saturated rings. The summed E-state index contributed by atoms with van der Waals surface area (Å²) in [5.41, 5.74) is 5.05. The molecule has 1 N–H and O–H groups in total. The maximum atomic E-state index is 4.27. The lowest BCUT2D eigenvalue weighted by Gasteiger charge is -2.13. The van der Waals surface area contributed by atoms with Crippen LogP contribution in [0.15, 0.2) is 67.0 Å². The van der Waals surface area contributed by atoms with Crippen LogP contribution in [0.1, 0.15) is 16.7 Å². The smallest absolute Gasteiger partial charge is 0.0679 e. The lowest BCUT2D eigenvalue weighted by molar-refractivity contribution is 0.687. The van der Waals surface area contributed by atoms with Crippen LogP contribution < -0.4 is 5.32 Å². The number of para-hydroxylation sites is 1. The maximum Gasteiger partial charge on any atom is 0.0679 e. The number of nitrogens with one attached hydrogen (secondary N) is 1. The van der Waals surface area contributed by atoms with Gasteiger partial charge in [-0.2, -0.15) is 5.10 Å². The van der Waals surface area contributed by atoms with Gasteiger partial charge in [0.05, 0.1) is 6.54 Å². The van der Waals surface area contributed by atoms with Crippen LogP contribution in [-0.2, 0) is 13.1 Å². The molecule has 3 heteroatoms. The molecule has 0 aliphatic carbocycles. The molecule has 0 atom stereocenters. The predicted molar refractivity (Wildman–Crippen MR) is 86.3 cm³/mol. The zero-order chi connectivity index (χ0) is 14.5. The van der Waals surface area contributed by atoms with Crippen LogP contribution in [0.2, 0.25) is 0 Å². The monoisotopic (exact) mass is 277 g/mol. The van der Waals surface area contributed by atoms with Crippen LogP contribution in [-0.4, -0.2) is 9.78 Å². The molecule has 0 aliphatic rings. The van der Waals surface area contributed by atoms with Gasteiger partial charge in [-0.3, -0.25) is 4.68 Å². The van der Waals surface area contributed by atoms with E-state index in [-0.39, 0.29) is 0 Å². The van der Waals surface area contributed by atoms with Crippen molar-refractivity contribution in [2.24, 2.45) is 0 Å². The van der Waals surface area contributed by atoms with Gasteiger partial charge in [0.2, 0.25) is 0 Å². The summed E-state index contributed by atoms with van der Waals surface area (Å²) in [5.74, 6) is 0. The van der Waals surface area contributed by atoms with Crippen LogP contribution in [0.4, 0.5) is 5.69 Å². The molecular formula is C18H19N3. The minimum atomic E-state index is 0.782. The summed E-state index contributed by atoms with van der Waals surface area (Å²) in [6, 6.07) is 18.8. The van der Waals surface area contributed by atoms with Gasteiger partial charge in [0.15, 0.2) is 0 Å². The number of nitrogens with zero attached hydrogens (tertiary/aromatic N) is 2. The first kappa shape index (κ1) is 13.4. The van der Waals surface area contributed by atoms with Gasteiger partial charge >= 0.3 is 0 Å². The molecule has 0 saturated carbocycles. The van der Waals surface area contributed by atoms with Crippen molar-refractivity contribution < 1.29 is 0 Å². The Morgan fingerprint density at radius 2 is 1.71 bits per heavy atom. The quantitative estimate of drug-likeness (QED) is 0.767. The first-order valence-electron chi connectivity index (χ1n) is 7.16. The molecule has 1 aromatic heterocycles. The number of benzene rings is 2. The summed E-state index contributed by atoms with van der Waals surface area (Å²) in [7, 11) is 0. The van der Waals surface area contributed by atoms with E-state index < -0.39 is 0 Å². The molecule has 0 amide bonds. The topological polar surface area (TPSA) is 29.9 Å². The van der Waals surface area contributed by atoms with Gasteiger partial charge in [0.1, 0.15) is 0 Å². The van der Waals surface area contributed by atoms with Gasteiger partial charge < -0.3 is 5.32 Å². The van der Waals surface area contributed by atoms with Gasteiger partial charge in [-0.05, 0) is 35.7 Å². The van der Waals surface area contributed by atoms with Crippen LogP contribution in [0.5, 0.6) is 0 Å². The summed E-state index contributed by atoms with van der Waals surface area (Å²) in [6.45, 7) is 3.76. The van der Waals surface area contributed by atoms with Gasteiger partial charge in [-0.15, -0.1) is 0 Å². The van der Waals surface area contributed by atoms with Crippen molar-refractivity contribution in [3.63, 3.8) is 0 Å². The molecule has 3 nitrogen and oxygen atoms in total. The third-order valence-corrected chi connectivity index (χ3v) is 3.64. The fourth-order valence-electron chi connectivity index (χ4n) is 2.40. The van der Waals surface area contributed by atoms with Crippen molar-refractivity contribution in [2.45, 2.75) is 20.0 Å². The third-order valence-electron chi connectivity index (χ3n) is 3.64. The minimum absolute atomic E-state index is 0.782. The summed E-state index contributed by atoms with van der Waals surface area (Å²) >= 11 is 0. The molecule has 21 heavy (non-hydrogen) atoms. The van der Waals surface area contributed by atoms with Crippen molar-refractivity contribution in [3.05, 3.63) is 83.7 Å². The predicted octanol–water partition coefficient (Wildman–Crippen LogP) is 3.85. The number of aromatic nitrogens is 2. The molecule has 0 unspecified atom stereocenters. The lowest BCUT2D eigenvalue weighted by Crippen LogP contribution is -2.07. The molecule has 0 bridgehead atoms. The fraction of sp³-hybridized carbons (Fsp3) is 0.167. The first-order chi connectivity index (χ1) is 10.3. The van der Waals surface area contributed by atoms with Crippen molar-refractivity contribution in [1.29, 1.82) is 0 Å². The molecule has 106 valence electrons. The number of hydrogen-bond acceptors (Lipinski definition) is 2. The largest absolute Gasteiger partial charge is 0.381 e. The highest BCUT2D eigenvalue weighted by molar-refractivity contribution is 5.51. The van der Waals surface area contributed by atoms with Crippen molar-refractivity contribution in [2.75, 3.05) is 5.32 Å². The minimum Gasteiger partial charge on any atom is -0.381 e. The summed E-state index contributed by atoms with van der Waals surface area (Å²) in [6.07, 6.45) is 3.79. The van der Waals surface area contributed by atoms with E-state index in [1.807, 2.05) is 23.1 Å². The van der Waals surface area contributed by atoms with Crippen LogP contribution in [0, 0.1) is 6.92 Å². The second-order valence-electron chi connectivity index (χ2n) is 5.14. The van der Waals surface area contributed by atoms with E-state index in [1.54, 1.807) is 0 Å². The van der Waals surface area contributed by atoms with Crippen molar-refractivity contribution >= 4 is 5.69 Å². The van der Waals surface area contributed by atoms with E-state index in [0.717, 1.165) is 18.8 Å². The molecule has 0 aliphatic heterocycles. The fourth-order valence-corrected chi connectivity index (χ4v) is 2.40. The van der Waals surface area contributed by atoms with Gasteiger partial charge in [0, 0.05) is 24.6 Å². The molecule has 1 heterocycles. The van der Waals surface area contributed by atoms with E-state index in [1.165, 1.54) is 16.7 Å². The average molecular weight is 277 g/mol. The Balaban J connectivity index is 1.75. The van der Waals surface area contributed by atoms with Crippen LogP contribution in [0.25, 0.3) is 0 Å². The normalized spacial score (nSPS) is 10.5. The molecule has 0 spiro atoms. The van der Waals surface area contributed by atoms with E-state index in [0.29, 0.717) is 0 Å². The maximum absolute atomic E-state index is 4.27. The Hall–Kier alpha value is -2.55. The third kappa shape index (κ3) is 3.31. The SMILES string of the molecule is Cc1ccccc1CNc1ccccc1Cn1cccn1. The first-order valence-corrected chi connectivity index (χ1v) is 7.16. The summed E-state index contributed by atoms with van der Waals surface area (Å²) in [4.78, 5) is 0. The van der Waals surface area contributed by atoms with Crippen LogP contribution in [0.3, 0.4) is 0 Å². The molecule has 3 aromatic rings. The number of rotatable bonds is 5. The molecule has 0 saturated heterocycles. The van der Waals surface area contributed by atoms with E-state index in [2.05, 4.69) is 65.9 Å². The van der Waals surface area contributed by atoms with Gasteiger partial charge in [0.25, 0.3) is 0 Å². The highest BCUT2D eigenvalue weighted by Gasteiger charge is 2.03. The Labute approximate surface area is 125 Å². The highest BCUT2D eigenvalue weighted by atomic mass is 15.3. The molecule has 2 aromatic carbocycles. The molecule has 0 radical (unpaired) electrons. The Kier molecular flexibility index (Phi) is 4.01. The second kappa shape index (κ2) is 6.27. The summed E-state index contributed by atoms with van der Waals surface area (Å²) in [5, 5.41) is 7.82. The van der Waals surface area contributed by atoms with Crippen LogP contribution >= 0.6 is 0 Å². The van der Waals surface area contributed by atoms with Crippen molar-refractivity contribution in [3.8, 4) is 0 Å². The zero-order valence-corrected chi connectivity index (χ0v) is 12.2. The summed E-state index contributed by atoms with van der Waals surface area (Å²) < 4.78 is 1.94. The standard InChI is InChI=1S/C18H19N3/c1-15-7-2-3-8-16(15)13-19-18-10-5-4-9-17(18)14-21-12-6-11-20-21/h2-12,19H,13-14H2,1H3. The van der Waals surface area contributed by atoms with E-state index >= 15 is 0 Å². The molecule has 3 rings (SSSR count). The lowest BCUT2D eigenvalue weighted by atomic mass is 10.1. The number of aryl methyl sites for hydroxylation is 1. The molecular weight excluding hydrogens is 258 g/mol. The highest BCUT2D eigenvalue weighted by Crippen LogP contribution is 2.18. The Morgan fingerprint density at radius 1 is 0.952 bits per heavy atom. The Morgan fingerprint density at radius 3 is 2.48 bits per heavy atom. The number of anilines is 1. The van der Waals surface area contributed by atoms with Gasteiger partial charge in [-0.25, -0.2) is 0 Å². The van der Waals surface area contributed by atoms with Gasteiger partial charge in [-0.1, -0.05) is 42.5 Å². The second-order valence-corrected chi connectivity index (χ2v) is 5.14. The zero-order valence-electron chi connectivity index (χ0n) is 12.2. The van der Waals surface area contributed by atoms with E-state index in [4.69, 9.17) is 0 Å². The van der Waals surface area contributed by atoms with Crippen molar-refractivity contribution in [1.82, 2.24) is 9.78 Å². The number of hydrogen-bond donors (Lipinski definition) is 1. The van der Waals surface area contributed by atoms with E-state index in [9.17, 15) is 0 Å².